The van der Waals surface area contributed by atoms with Crippen molar-refractivity contribution < 1.29 is 9.59 Å². The molecule has 1 heterocycles. The van der Waals surface area contributed by atoms with Crippen LogP contribution in [0.4, 0.5) is 9.80 Å². The third kappa shape index (κ3) is 3.60. The van der Waals surface area contributed by atoms with Crippen molar-refractivity contribution in [3.8, 4) is 0 Å². The Labute approximate surface area is 108 Å². The lowest BCUT2D eigenvalue weighted by molar-refractivity contribution is 0.0998. The first kappa shape index (κ1) is 13.8. The summed E-state index contributed by atoms with van der Waals surface area (Å²) in [4.78, 5) is 22.5. The number of primary amides is 1. The summed E-state index contributed by atoms with van der Waals surface area (Å²) in [5.74, 6) is -0.590. The number of thioether (sulfide) groups is 1. The highest BCUT2D eigenvalue weighted by Gasteiger charge is 2.21. The van der Waals surface area contributed by atoms with Crippen molar-refractivity contribution in [2.75, 3.05) is 12.4 Å². The molecule has 0 spiro atoms. The number of nitrogens with one attached hydrogen (secondary N) is 2. The third-order valence-corrected chi connectivity index (χ3v) is 3.58. The van der Waals surface area contributed by atoms with Crippen molar-refractivity contribution in [2.24, 2.45) is 5.73 Å². The molecule has 0 aromatic carbocycles. The predicted octanol–water partition coefficient (Wildman–Crippen LogP) is 1.49. The number of anilines is 1. The zero-order valence-electron chi connectivity index (χ0n) is 9.73. The number of carbonyl (C=O) groups excluding carboxylic acids is 2. The van der Waals surface area contributed by atoms with Crippen LogP contribution in [-0.4, -0.2) is 28.6 Å². The summed E-state index contributed by atoms with van der Waals surface area (Å²) >= 11 is 2.48. The minimum Gasteiger partial charge on any atom is -0.365 e. The van der Waals surface area contributed by atoms with Crippen LogP contribution in [0.15, 0.2) is 5.03 Å². The quantitative estimate of drug-likeness (QED) is 0.725. The summed E-state index contributed by atoms with van der Waals surface area (Å²) < 4.78 is 4.13. The van der Waals surface area contributed by atoms with Gasteiger partial charge in [-0.3, -0.25) is 10.1 Å². The summed E-state index contributed by atoms with van der Waals surface area (Å²) in [5.41, 5.74) is 5.57. The van der Waals surface area contributed by atoms with Gasteiger partial charge >= 0.3 is 6.03 Å². The van der Waals surface area contributed by atoms with E-state index in [9.17, 15) is 9.59 Å². The van der Waals surface area contributed by atoms with Crippen molar-refractivity contribution in [2.45, 2.75) is 24.1 Å². The molecule has 0 saturated heterocycles. The topological polar surface area (TPSA) is 97.1 Å². The lowest BCUT2D eigenvalue weighted by atomic mass is 10.3. The first-order valence-corrected chi connectivity index (χ1v) is 6.55. The maximum absolute atomic E-state index is 11.4. The van der Waals surface area contributed by atoms with Crippen molar-refractivity contribution in [3.63, 3.8) is 0 Å². The van der Waals surface area contributed by atoms with E-state index in [1.807, 2.05) is 13.8 Å². The minimum atomic E-state index is -0.590. The Kier molecular flexibility index (Phi) is 4.76. The van der Waals surface area contributed by atoms with Crippen LogP contribution in [0.3, 0.4) is 0 Å². The van der Waals surface area contributed by atoms with E-state index in [2.05, 4.69) is 15.0 Å². The molecule has 0 fully saturated rings. The number of nitrogens with two attached hydrogens (primary N) is 1. The fraction of sp³-hybridized carbons (Fsp3) is 0.444. The van der Waals surface area contributed by atoms with Crippen molar-refractivity contribution in [1.29, 1.82) is 0 Å². The maximum atomic E-state index is 11.4. The number of urea groups is 1. The summed E-state index contributed by atoms with van der Waals surface area (Å²) in [7, 11) is 1.49. The van der Waals surface area contributed by atoms with E-state index < -0.39 is 11.9 Å². The molecule has 8 heteroatoms. The smallest absolute Gasteiger partial charge is 0.319 e. The highest BCUT2D eigenvalue weighted by Crippen LogP contribution is 2.33. The Bertz CT molecular complexity index is 431. The molecule has 1 aromatic heterocycles. The maximum Gasteiger partial charge on any atom is 0.319 e. The van der Waals surface area contributed by atoms with Gasteiger partial charge in [-0.1, -0.05) is 13.8 Å². The van der Waals surface area contributed by atoms with E-state index in [0.29, 0.717) is 10.0 Å². The molecule has 0 aliphatic rings. The van der Waals surface area contributed by atoms with E-state index in [4.69, 9.17) is 5.73 Å². The average Bonchev–Trinajstić information content (AvgIpc) is 2.59. The molecule has 6 nitrogen and oxygen atoms in total. The van der Waals surface area contributed by atoms with E-state index in [-0.39, 0.29) is 10.8 Å². The van der Waals surface area contributed by atoms with Crippen LogP contribution >= 0.6 is 23.3 Å². The van der Waals surface area contributed by atoms with Crippen molar-refractivity contribution in [1.82, 2.24) is 9.69 Å². The van der Waals surface area contributed by atoms with E-state index >= 15 is 0 Å². The molecule has 0 radical (unpaired) electrons. The molecule has 4 N–H and O–H groups in total. The molecule has 0 atom stereocenters. The Morgan fingerprint density at radius 1 is 1.47 bits per heavy atom. The van der Waals surface area contributed by atoms with Crippen LogP contribution in [0.25, 0.3) is 0 Å². The zero-order valence-corrected chi connectivity index (χ0v) is 11.4. The lowest BCUT2D eigenvalue weighted by Gasteiger charge is -2.05. The van der Waals surface area contributed by atoms with Crippen molar-refractivity contribution in [3.05, 3.63) is 5.56 Å². The summed E-state index contributed by atoms with van der Waals surface area (Å²) in [5, 5.41) is 6.14. The van der Waals surface area contributed by atoms with Gasteiger partial charge in [-0.15, -0.1) is 11.8 Å². The summed E-state index contributed by atoms with van der Waals surface area (Å²) in [6, 6.07) is -0.405. The second-order valence-corrected chi connectivity index (χ2v) is 5.77. The standard InChI is InChI=1S/C9H14N4O2S2/c1-4(2)16-8-5(6(10)14)7(17-13-8)12-9(15)11-3/h4H,1-3H3,(H2,10,14)(H2,11,12,15). The Hall–Kier alpha value is -1.28. The highest BCUT2D eigenvalue weighted by atomic mass is 32.2. The number of hydrogen-bond donors (Lipinski definition) is 3. The molecule has 3 amide bonds. The van der Waals surface area contributed by atoms with Crippen LogP contribution in [-0.2, 0) is 0 Å². The lowest BCUT2D eigenvalue weighted by Crippen LogP contribution is -2.25. The summed E-state index contributed by atoms with van der Waals surface area (Å²) in [6.45, 7) is 3.97. The number of rotatable bonds is 4. The Balaban J connectivity index is 3.02. The van der Waals surface area contributed by atoms with Gasteiger partial charge in [-0.05, 0) is 11.5 Å². The number of carbonyl (C=O) groups is 2. The SMILES string of the molecule is CNC(=O)Nc1snc(SC(C)C)c1C(N)=O. The number of aromatic nitrogens is 1. The highest BCUT2D eigenvalue weighted by molar-refractivity contribution is 8.00. The molecule has 0 aliphatic carbocycles. The first-order chi connectivity index (χ1) is 7.95. The average molecular weight is 274 g/mol. The van der Waals surface area contributed by atoms with Gasteiger partial charge in [0.1, 0.15) is 15.6 Å². The molecule has 0 saturated carbocycles. The second kappa shape index (κ2) is 5.87. The van der Waals surface area contributed by atoms with Crippen LogP contribution < -0.4 is 16.4 Å². The van der Waals surface area contributed by atoms with Gasteiger partial charge in [0.25, 0.3) is 5.91 Å². The van der Waals surface area contributed by atoms with Gasteiger partial charge in [-0.2, -0.15) is 4.37 Å². The molecule has 0 bridgehead atoms. The molecular formula is C9H14N4O2S2. The molecular weight excluding hydrogens is 260 g/mol. The van der Waals surface area contributed by atoms with Gasteiger partial charge in [0.15, 0.2) is 0 Å². The largest absolute Gasteiger partial charge is 0.365 e. The second-order valence-electron chi connectivity index (χ2n) is 3.43. The van der Waals surface area contributed by atoms with E-state index in [1.165, 1.54) is 18.8 Å². The third-order valence-electron chi connectivity index (χ3n) is 1.71. The molecule has 1 aromatic rings. The summed E-state index contributed by atoms with van der Waals surface area (Å²) in [6.07, 6.45) is 0. The molecule has 0 aliphatic heterocycles. The van der Waals surface area contributed by atoms with Gasteiger partial charge in [-0.25, -0.2) is 4.79 Å². The fourth-order valence-electron chi connectivity index (χ4n) is 1.05. The molecule has 1 rings (SSSR count). The van der Waals surface area contributed by atoms with Crippen LogP contribution in [0.2, 0.25) is 0 Å². The minimum absolute atomic E-state index is 0.275. The first-order valence-electron chi connectivity index (χ1n) is 4.90. The van der Waals surface area contributed by atoms with E-state index in [1.54, 1.807) is 0 Å². The van der Waals surface area contributed by atoms with Crippen LogP contribution in [0, 0.1) is 0 Å². The van der Waals surface area contributed by atoms with Gasteiger partial charge in [0, 0.05) is 12.3 Å². The van der Waals surface area contributed by atoms with Gasteiger partial charge < -0.3 is 11.1 Å². The zero-order chi connectivity index (χ0) is 13.0. The Morgan fingerprint density at radius 3 is 2.59 bits per heavy atom. The number of amides is 3. The van der Waals surface area contributed by atoms with Gasteiger partial charge in [0.05, 0.1) is 0 Å². The number of hydrogen-bond acceptors (Lipinski definition) is 5. The predicted molar refractivity (Wildman–Crippen MR) is 69.7 cm³/mol. The molecule has 0 unspecified atom stereocenters. The van der Waals surface area contributed by atoms with Crippen molar-refractivity contribution >= 4 is 40.2 Å². The van der Waals surface area contributed by atoms with Crippen LogP contribution in [0.1, 0.15) is 24.2 Å². The van der Waals surface area contributed by atoms with Crippen LogP contribution in [0.5, 0.6) is 0 Å². The monoisotopic (exact) mass is 274 g/mol. The molecule has 17 heavy (non-hydrogen) atoms. The normalized spacial score (nSPS) is 10.4. The number of nitrogens with zero attached hydrogens (tertiary/aromatic N) is 1. The fourth-order valence-corrected chi connectivity index (χ4v) is 2.86. The van der Waals surface area contributed by atoms with Gasteiger partial charge in [0.2, 0.25) is 0 Å². The Morgan fingerprint density at radius 2 is 2.12 bits per heavy atom. The molecule has 94 valence electrons. The van der Waals surface area contributed by atoms with E-state index in [0.717, 1.165) is 11.5 Å².